The summed E-state index contributed by atoms with van der Waals surface area (Å²) in [5, 5.41) is 11.4. The molecule has 0 aliphatic carbocycles. The Bertz CT molecular complexity index is 1000. The molecule has 2 heterocycles. The molecule has 2 aromatic rings. The molecule has 5 nitrogen and oxygen atoms in total. The molecule has 31 heavy (non-hydrogen) atoms. The number of aryl methyl sites for hydroxylation is 1. The lowest BCUT2D eigenvalue weighted by molar-refractivity contribution is -0.140. The van der Waals surface area contributed by atoms with Gasteiger partial charge in [-0.3, -0.25) is 14.6 Å². The van der Waals surface area contributed by atoms with Crippen LogP contribution in [0.5, 0.6) is 0 Å². The average molecular weight is 421 g/mol. The first-order valence-electron chi connectivity index (χ1n) is 11.0. The van der Waals surface area contributed by atoms with Crippen LogP contribution >= 0.6 is 0 Å². The van der Waals surface area contributed by atoms with Crippen LogP contribution in [-0.4, -0.2) is 33.2 Å². The van der Waals surface area contributed by atoms with Gasteiger partial charge in [-0.15, -0.1) is 0 Å². The van der Waals surface area contributed by atoms with Gasteiger partial charge in [0, 0.05) is 18.3 Å². The normalized spacial score (nSPS) is 18.6. The Morgan fingerprint density at radius 2 is 1.87 bits per heavy atom. The highest BCUT2D eigenvalue weighted by Gasteiger charge is 2.46. The van der Waals surface area contributed by atoms with Gasteiger partial charge in [-0.1, -0.05) is 58.7 Å². The summed E-state index contributed by atoms with van der Waals surface area (Å²) in [6, 6.07) is 10.6. The van der Waals surface area contributed by atoms with Crippen LogP contribution in [0.3, 0.4) is 0 Å². The second kappa shape index (κ2) is 9.04. The average Bonchev–Trinajstić information content (AvgIpc) is 2.98. The number of likely N-dealkylation sites (tertiary alicyclic amines) is 1. The molecule has 0 saturated carbocycles. The van der Waals surface area contributed by atoms with Gasteiger partial charge in [-0.2, -0.15) is 0 Å². The number of ketones is 1. The fraction of sp³-hybridized carbons (Fsp3) is 0.423. The van der Waals surface area contributed by atoms with Crippen molar-refractivity contribution in [2.45, 2.75) is 65.3 Å². The third-order valence-corrected chi connectivity index (χ3v) is 5.87. The van der Waals surface area contributed by atoms with Gasteiger partial charge in [-0.25, -0.2) is 0 Å². The Balaban J connectivity index is 2.17. The van der Waals surface area contributed by atoms with Crippen LogP contribution in [0.15, 0.2) is 48.2 Å². The minimum Gasteiger partial charge on any atom is -0.507 e. The largest absolute Gasteiger partial charge is 0.507 e. The van der Waals surface area contributed by atoms with Crippen LogP contribution in [0.25, 0.3) is 5.76 Å². The molecule has 1 atom stereocenters. The molecule has 1 N–H and O–H groups in total. The number of hydrogen-bond acceptors (Lipinski definition) is 4. The van der Waals surface area contributed by atoms with Crippen LogP contribution in [-0.2, 0) is 15.0 Å². The number of aromatic nitrogens is 1. The van der Waals surface area contributed by atoms with Crippen molar-refractivity contribution < 1.29 is 14.7 Å². The molecule has 1 aliphatic heterocycles. The summed E-state index contributed by atoms with van der Waals surface area (Å²) in [6.07, 6.45) is 4.42. The topological polar surface area (TPSA) is 70.5 Å². The van der Waals surface area contributed by atoms with Crippen LogP contribution in [0.1, 0.15) is 75.4 Å². The highest BCUT2D eigenvalue weighted by atomic mass is 16.3. The zero-order valence-corrected chi connectivity index (χ0v) is 19.1. The van der Waals surface area contributed by atoms with Crippen LogP contribution in [0.4, 0.5) is 0 Å². The molecule has 3 rings (SSSR count). The summed E-state index contributed by atoms with van der Waals surface area (Å²) in [4.78, 5) is 32.0. The summed E-state index contributed by atoms with van der Waals surface area (Å²) in [5.41, 5.74) is 3.07. The van der Waals surface area contributed by atoms with E-state index in [2.05, 4.69) is 32.7 Å². The maximum absolute atomic E-state index is 13.1. The number of rotatable bonds is 6. The first kappa shape index (κ1) is 22.7. The van der Waals surface area contributed by atoms with Gasteiger partial charge in [0.25, 0.3) is 11.7 Å². The van der Waals surface area contributed by atoms with E-state index in [1.54, 1.807) is 23.2 Å². The number of amides is 1. The molecule has 1 aromatic carbocycles. The van der Waals surface area contributed by atoms with E-state index in [0.29, 0.717) is 17.8 Å². The van der Waals surface area contributed by atoms with Gasteiger partial charge >= 0.3 is 0 Å². The van der Waals surface area contributed by atoms with Crippen molar-refractivity contribution in [3.8, 4) is 0 Å². The van der Waals surface area contributed by atoms with Gasteiger partial charge in [0.1, 0.15) is 11.8 Å². The summed E-state index contributed by atoms with van der Waals surface area (Å²) >= 11 is 0. The smallest absolute Gasteiger partial charge is 0.295 e. The molecule has 164 valence electrons. The van der Waals surface area contributed by atoms with E-state index >= 15 is 0 Å². The van der Waals surface area contributed by atoms with E-state index in [1.807, 2.05) is 31.2 Å². The quantitative estimate of drug-likeness (QED) is 0.298. The predicted molar refractivity (Wildman–Crippen MR) is 123 cm³/mol. The molecular formula is C26H32N2O3. The maximum atomic E-state index is 13.1. The van der Waals surface area contributed by atoms with Crippen molar-refractivity contribution in [3.05, 3.63) is 70.6 Å². The van der Waals surface area contributed by atoms with Gasteiger partial charge in [0.2, 0.25) is 0 Å². The fourth-order valence-electron chi connectivity index (χ4n) is 3.98. The van der Waals surface area contributed by atoms with Gasteiger partial charge in [0.15, 0.2) is 0 Å². The monoisotopic (exact) mass is 420 g/mol. The number of pyridine rings is 1. The van der Waals surface area contributed by atoms with Gasteiger partial charge in [-0.05, 0) is 48.1 Å². The van der Waals surface area contributed by atoms with Crippen molar-refractivity contribution in [1.82, 2.24) is 9.88 Å². The van der Waals surface area contributed by atoms with Gasteiger partial charge < -0.3 is 10.0 Å². The molecule has 1 unspecified atom stereocenters. The van der Waals surface area contributed by atoms with Crippen molar-refractivity contribution in [1.29, 1.82) is 0 Å². The lowest BCUT2D eigenvalue weighted by Crippen LogP contribution is -2.31. The number of Topliss-reactive ketones (excluding diaryl/α,β-unsaturated/α-hetero) is 1. The highest BCUT2D eigenvalue weighted by Crippen LogP contribution is 2.40. The lowest BCUT2D eigenvalue weighted by atomic mass is 9.84. The molecule has 0 spiro atoms. The molecular weight excluding hydrogens is 388 g/mol. The fourth-order valence-corrected chi connectivity index (χ4v) is 3.98. The second-order valence-corrected chi connectivity index (χ2v) is 9.23. The number of hydrogen-bond donors (Lipinski definition) is 1. The SMILES string of the molecule is CCCCCN1C(=O)C(=O)/C(=C(/O)c2cc(C(C)(C)C)ccc2C)C1c1ccccn1. The van der Waals surface area contributed by atoms with E-state index in [4.69, 9.17) is 0 Å². The number of benzene rings is 1. The summed E-state index contributed by atoms with van der Waals surface area (Å²) in [7, 11) is 0. The molecule has 1 fully saturated rings. The highest BCUT2D eigenvalue weighted by molar-refractivity contribution is 6.46. The number of unbranched alkanes of at least 4 members (excludes halogenated alkanes) is 2. The number of carbonyl (C=O) groups is 2. The summed E-state index contributed by atoms with van der Waals surface area (Å²) < 4.78 is 0. The minimum atomic E-state index is -0.684. The third kappa shape index (κ3) is 4.55. The Hall–Kier alpha value is -2.95. The van der Waals surface area contributed by atoms with Crippen LogP contribution in [0.2, 0.25) is 0 Å². The van der Waals surface area contributed by atoms with E-state index in [0.717, 1.165) is 30.4 Å². The first-order chi connectivity index (χ1) is 14.7. The third-order valence-electron chi connectivity index (χ3n) is 5.87. The molecule has 0 radical (unpaired) electrons. The van der Waals surface area contributed by atoms with Crippen molar-refractivity contribution in [2.75, 3.05) is 6.54 Å². The Morgan fingerprint density at radius 1 is 1.13 bits per heavy atom. The summed E-state index contributed by atoms with van der Waals surface area (Å²) in [6.45, 7) is 10.7. The van der Waals surface area contributed by atoms with E-state index in [9.17, 15) is 14.7 Å². The number of aliphatic hydroxyl groups is 1. The zero-order valence-electron chi connectivity index (χ0n) is 19.1. The van der Waals surface area contributed by atoms with E-state index in [-0.39, 0.29) is 16.7 Å². The van der Waals surface area contributed by atoms with Crippen molar-refractivity contribution in [2.24, 2.45) is 0 Å². The number of nitrogens with zero attached hydrogens (tertiary/aromatic N) is 2. The van der Waals surface area contributed by atoms with Crippen molar-refractivity contribution >= 4 is 17.4 Å². The molecule has 1 amide bonds. The molecule has 5 heteroatoms. The van der Waals surface area contributed by atoms with Crippen LogP contribution in [0, 0.1) is 6.92 Å². The molecule has 1 saturated heterocycles. The number of aliphatic hydroxyl groups excluding tert-OH is 1. The Labute approximate surface area is 184 Å². The summed E-state index contributed by atoms with van der Waals surface area (Å²) in [5.74, 6) is -1.35. The maximum Gasteiger partial charge on any atom is 0.295 e. The molecule has 0 bridgehead atoms. The van der Waals surface area contributed by atoms with E-state index < -0.39 is 17.7 Å². The van der Waals surface area contributed by atoms with E-state index in [1.165, 1.54) is 0 Å². The van der Waals surface area contributed by atoms with Crippen molar-refractivity contribution in [3.63, 3.8) is 0 Å². The molecule has 1 aliphatic rings. The predicted octanol–water partition coefficient (Wildman–Crippen LogP) is 5.30. The number of carbonyl (C=O) groups excluding carboxylic acids is 2. The first-order valence-corrected chi connectivity index (χ1v) is 11.0. The standard InChI is InChI=1S/C26H32N2O3/c1-6-7-10-15-28-22(20-11-8-9-14-27-20)21(24(30)25(28)31)23(29)19-16-18(26(3,4)5)13-12-17(19)2/h8-9,11-14,16,22,29H,6-7,10,15H2,1-5H3/b23-21+. The zero-order chi connectivity index (χ0) is 22.8. The van der Waals surface area contributed by atoms with Gasteiger partial charge in [0.05, 0.1) is 11.3 Å². The Kier molecular flexibility index (Phi) is 6.63. The minimum absolute atomic E-state index is 0.116. The van der Waals surface area contributed by atoms with Crippen LogP contribution < -0.4 is 0 Å². The molecule has 1 aromatic heterocycles. The second-order valence-electron chi connectivity index (χ2n) is 9.23. The Morgan fingerprint density at radius 3 is 2.48 bits per heavy atom. The lowest BCUT2D eigenvalue weighted by Gasteiger charge is -2.25.